The van der Waals surface area contributed by atoms with Gasteiger partial charge >= 0.3 is 0 Å². The Labute approximate surface area is 125 Å². The van der Waals surface area contributed by atoms with Crippen molar-refractivity contribution in [1.29, 1.82) is 0 Å². The Morgan fingerprint density at radius 2 is 1.85 bits per heavy atom. The van der Waals surface area contributed by atoms with Gasteiger partial charge in [0.1, 0.15) is 5.75 Å². The fraction of sp³-hybridized carbons (Fsp3) is 0.526. The molecule has 0 heterocycles. The lowest BCUT2D eigenvalue weighted by atomic mass is 9.72. The Morgan fingerprint density at radius 1 is 1.25 bits per heavy atom. The van der Waals surface area contributed by atoms with Crippen LogP contribution in [0.3, 0.4) is 0 Å². The van der Waals surface area contributed by atoms with E-state index in [1.807, 2.05) is 26.0 Å². The zero-order valence-electron chi connectivity index (χ0n) is 13.8. The van der Waals surface area contributed by atoms with E-state index < -0.39 is 0 Å². The van der Waals surface area contributed by atoms with Crippen molar-refractivity contribution in [2.45, 2.75) is 59.5 Å². The van der Waals surface area contributed by atoms with Crippen molar-refractivity contribution in [3.8, 4) is 5.75 Å². The number of benzene rings is 1. The molecule has 0 aliphatic rings. The molecule has 0 bridgehead atoms. The third kappa shape index (κ3) is 4.70. The van der Waals surface area contributed by atoms with Crippen molar-refractivity contribution >= 4 is 6.08 Å². The normalized spacial score (nSPS) is 12.6. The van der Waals surface area contributed by atoms with E-state index >= 15 is 0 Å². The maximum absolute atomic E-state index is 6.18. The van der Waals surface area contributed by atoms with Crippen molar-refractivity contribution in [1.82, 2.24) is 0 Å². The molecule has 2 radical (unpaired) electrons. The molecule has 0 aliphatic heterocycles. The predicted molar refractivity (Wildman–Crippen MR) is 88.0 cm³/mol. The second kappa shape index (κ2) is 6.03. The van der Waals surface area contributed by atoms with E-state index in [4.69, 9.17) is 11.7 Å². The molecule has 0 aliphatic carbocycles. The van der Waals surface area contributed by atoms with Gasteiger partial charge in [-0.05, 0) is 55.7 Å². The highest BCUT2D eigenvalue weighted by Crippen LogP contribution is 2.37. The van der Waals surface area contributed by atoms with Crippen molar-refractivity contribution < 1.29 is 4.74 Å². The van der Waals surface area contributed by atoms with Gasteiger partial charge in [-0.1, -0.05) is 46.4 Å². The summed E-state index contributed by atoms with van der Waals surface area (Å²) >= 11 is 0. The average molecular weight is 272 g/mol. The average Bonchev–Trinajstić information content (AvgIpc) is 2.25. The smallest absolute Gasteiger partial charge is 0.126 e. The van der Waals surface area contributed by atoms with Gasteiger partial charge in [-0.25, -0.2) is 0 Å². The second-order valence-corrected chi connectivity index (χ2v) is 7.17. The minimum absolute atomic E-state index is 0.0202. The summed E-state index contributed by atoms with van der Waals surface area (Å²) in [6, 6.07) is 6.34. The molecule has 0 atom stereocenters. The maximum Gasteiger partial charge on any atom is 0.126 e. The van der Waals surface area contributed by atoms with E-state index in [1.165, 1.54) is 5.56 Å². The van der Waals surface area contributed by atoms with E-state index in [-0.39, 0.29) is 16.9 Å². The van der Waals surface area contributed by atoms with Crippen molar-refractivity contribution in [2.75, 3.05) is 0 Å². The van der Waals surface area contributed by atoms with E-state index in [0.29, 0.717) is 0 Å². The molecule has 20 heavy (non-hydrogen) atoms. The van der Waals surface area contributed by atoms with Crippen LogP contribution < -0.4 is 4.74 Å². The molecule has 0 saturated heterocycles. The van der Waals surface area contributed by atoms with E-state index in [0.717, 1.165) is 17.7 Å². The third-order valence-corrected chi connectivity index (χ3v) is 3.27. The molecule has 1 heteroatoms. The summed E-state index contributed by atoms with van der Waals surface area (Å²) in [7, 11) is 0. The fourth-order valence-corrected chi connectivity index (χ4v) is 2.73. The van der Waals surface area contributed by atoms with Gasteiger partial charge in [0, 0.05) is 5.56 Å². The van der Waals surface area contributed by atoms with Gasteiger partial charge in [0.05, 0.1) is 6.10 Å². The first-order valence-corrected chi connectivity index (χ1v) is 7.28. The molecule has 1 aromatic rings. The molecule has 1 aromatic carbocycles. The molecule has 0 amide bonds. The van der Waals surface area contributed by atoms with Gasteiger partial charge in [-0.15, -0.1) is 0 Å². The Kier molecular flexibility index (Phi) is 5.07. The summed E-state index contributed by atoms with van der Waals surface area (Å²) in [6.45, 7) is 22.7. The standard InChI is InChI=1S/C19H28O/c1-9-15-12-16(10-11-17(15)20-14(2)3)19(7,8)13-18(4,5)6/h4,9-12,14H,1,13H2,2-3,5-8H3. The molecular formula is C19H28O. The fourth-order valence-electron chi connectivity index (χ4n) is 2.73. The molecule has 0 fully saturated rings. The number of rotatable bonds is 6. The molecule has 110 valence electrons. The molecule has 0 N–H and O–H groups in total. The minimum Gasteiger partial charge on any atom is -0.490 e. The maximum atomic E-state index is 6.18. The van der Waals surface area contributed by atoms with Crippen LogP contribution in [0.2, 0.25) is 0 Å². The second-order valence-electron chi connectivity index (χ2n) is 7.17. The monoisotopic (exact) mass is 272 g/mol. The molecule has 0 spiro atoms. The van der Waals surface area contributed by atoms with Gasteiger partial charge in [0.2, 0.25) is 0 Å². The first-order valence-electron chi connectivity index (χ1n) is 7.28. The lowest BCUT2D eigenvalue weighted by Crippen LogP contribution is -2.25. The van der Waals surface area contributed by atoms with Gasteiger partial charge in [0.15, 0.2) is 0 Å². The van der Waals surface area contributed by atoms with Gasteiger partial charge in [-0.3, -0.25) is 0 Å². The van der Waals surface area contributed by atoms with E-state index in [1.54, 1.807) is 0 Å². The molecule has 0 aromatic heterocycles. The Morgan fingerprint density at radius 3 is 2.30 bits per heavy atom. The SMILES string of the molecule is [CH]C(C)(C)CC(C)(C)c1ccc(OC(C)C)c(C=C)c1. The largest absolute Gasteiger partial charge is 0.490 e. The quantitative estimate of drug-likeness (QED) is 0.662. The van der Waals surface area contributed by atoms with Crippen molar-refractivity contribution in [3.63, 3.8) is 0 Å². The summed E-state index contributed by atoms with van der Waals surface area (Å²) in [5.41, 5.74) is 2.14. The predicted octanol–water partition coefficient (Wildman–Crippen LogP) is 5.52. The van der Waals surface area contributed by atoms with Crippen LogP contribution in [0.5, 0.6) is 5.75 Å². The van der Waals surface area contributed by atoms with Crippen molar-refractivity contribution in [3.05, 3.63) is 42.8 Å². The third-order valence-electron chi connectivity index (χ3n) is 3.27. The minimum atomic E-state index is -0.190. The molecular weight excluding hydrogens is 244 g/mol. The van der Waals surface area contributed by atoms with Gasteiger partial charge in [0.25, 0.3) is 0 Å². The Bertz CT molecular complexity index is 461. The highest BCUT2D eigenvalue weighted by atomic mass is 16.5. The molecule has 1 rings (SSSR count). The molecule has 0 saturated carbocycles. The summed E-state index contributed by atoms with van der Waals surface area (Å²) in [4.78, 5) is 0. The topological polar surface area (TPSA) is 9.23 Å². The van der Waals surface area contributed by atoms with Crippen LogP contribution >= 0.6 is 0 Å². The first-order chi connectivity index (χ1) is 9.05. The van der Waals surface area contributed by atoms with Crippen LogP contribution in [0.15, 0.2) is 24.8 Å². The highest BCUT2D eigenvalue weighted by Gasteiger charge is 2.27. The van der Waals surface area contributed by atoms with Crippen molar-refractivity contribution in [2.24, 2.45) is 5.41 Å². The number of hydrogen-bond acceptors (Lipinski definition) is 1. The first kappa shape index (κ1) is 16.8. The summed E-state index contributed by atoms with van der Waals surface area (Å²) in [5.74, 6) is 0.890. The van der Waals surface area contributed by atoms with E-state index in [9.17, 15) is 0 Å². The zero-order chi connectivity index (χ0) is 15.6. The summed E-state index contributed by atoms with van der Waals surface area (Å²) in [5, 5.41) is 0. The van der Waals surface area contributed by atoms with Crippen LogP contribution in [0, 0.1) is 12.3 Å². The molecule has 1 nitrogen and oxygen atoms in total. The van der Waals surface area contributed by atoms with E-state index in [2.05, 4.69) is 46.4 Å². The summed E-state index contributed by atoms with van der Waals surface area (Å²) < 4.78 is 5.81. The lowest BCUT2D eigenvalue weighted by Gasteiger charge is -2.33. The molecule has 0 unspecified atom stereocenters. The summed E-state index contributed by atoms with van der Waals surface area (Å²) in [6.07, 6.45) is 2.93. The lowest BCUT2D eigenvalue weighted by molar-refractivity contribution is 0.241. The Hall–Kier alpha value is -1.24. The zero-order valence-corrected chi connectivity index (χ0v) is 13.8. The van der Waals surface area contributed by atoms with Crippen LogP contribution in [0.25, 0.3) is 6.08 Å². The Balaban J connectivity index is 3.12. The van der Waals surface area contributed by atoms with Gasteiger partial charge in [-0.2, -0.15) is 0 Å². The number of hydrogen-bond donors (Lipinski definition) is 0. The highest BCUT2D eigenvalue weighted by molar-refractivity contribution is 5.57. The van der Waals surface area contributed by atoms with Gasteiger partial charge < -0.3 is 4.74 Å². The number of ether oxygens (including phenoxy) is 1. The van der Waals surface area contributed by atoms with Crippen LogP contribution in [0.1, 0.15) is 59.1 Å². The van der Waals surface area contributed by atoms with Crippen LogP contribution in [-0.4, -0.2) is 6.10 Å². The van der Waals surface area contributed by atoms with Crippen LogP contribution in [-0.2, 0) is 5.41 Å². The van der Waals surface area contributed by atoms with Crippen LogP contribution in [0.4, 0.5) is 0 Å².